The molecule has 0 saturated carbocycles. The Hall–Kier alpha value is -0.0800. The van der Waals surface area contributed by atoms with Crippen LogP contribution in [0.25, 0.3) is 0 Å². The SMILES string of the molecule is CCN1CCCC(O)(C(C)C)CC1. The van der Waals surface area contributed by atoms with Crippen molar-refractivity contribution in [3.8, 4) is 0 Å². The van der Waals surface area contributed by atoms with Crippen molar-refractivity contribution in [2.24, 2.45) is 5.92 Å². The van der Waals surface area contributed by atoms with E-state index >= 15 is 0 Å². The first-order chi connectivity index (χ1) is 6.08. The van der Waals surface area contributed by atoms with Crippen LogP contribution in [0.3, 0.4) is 0 Å². The summed E-state index contributed by atoms with van der Waals surface area (Å²) in [5.74, 6) is 0.393. The highest BCUT2D eigenvalue weighted by Crippen LogP contribution is 2.29. The summed E-state index contributed by atoms with van der Waals surface area (Å²) in [4.78, 5) is 2.43. The van der Waals surface area contributed by atoms with Crippen molar-refractivity contribution >= 4 is 0 Å². The van der Waals surface area contributed by atoms with Crippen LogP contribution in [0.4, 0.5) is 0 Å². The molecule has 0 radical (unpaired) electrons. The molecule has 1 unspecified atom stereocenters. The zero-order valence-corrected chi connectivity index (χ0v) is 9.21. The third-order valence-corrected chi connectivity index (χ3v) is 3.47. The highest BCUT2D eigenvalue weighted by atomic mass is 16.3. The second-order valence-electron chi connectivity index (χ2n) is 4.55. The minimum Gasteiger partial charge on any atom is -0.390 e. The maximum Gasteiger partial charge on any atom is 0.0683 e. The van der Waals surface area contributed by atoms with Gasteiger partial charge in [-0.2, -0.15) is 0 Å². The first-order valence-corrected chi connectivity index (χ1v) is 5.53. The normalized spacial score (nSPS) is 32.1. The molecule has 1 fully saturated rings. The van der Waals surface area contributed by atoms with Gasteiger partial charge in [-0.15, -0.1) is 0 Å². The quantitative estimate of drug-likeness (QED) is 0.710. The summed E-state index contributed by atoms with van der Waals surface area (Å²) >= 11 is 0. The molecule has 0 spiro atoms. The molecular formula is C11H23NO. The molecule has 1 atom stereocenters. The molecule has 1 heterocycles. The first-order valence-electron chi connectivity index (χ1n) is 5.53. The summed E-state index contributed by atoms with van der Waals surface area (Å²) in [6, 6.07) is 0. The van der Waals surface area contributed by atoms with Crippen LogP contribution in [0.15, 0.2) is 0 Å². The lowest BCUT2D eigenvalue weighted by atomic mass is 9.84. The largest absolute Gasteiger partial charge is 0.390 e. The van der Waals surface area contributed by atoms with Gasteiger partial charge in [0, 0.05) is 6.54 Å². The Kier molecular flexibility index (Phi) is 3.74. The first kappa shape index (κ1) is 11.0. The number of likely N-dealkylation sites (tertiary alicyclic amines) is 1. The Morgan fingerprint density at radius 3 is 2.54 bits per heavy atom. The van der Waals surface area contributed by atoms with E-state index in [9.17, 15) is 5.11 Å². The Morgan fingerprint density at radius 2 is 2.00 bits per heavy atom. The topological polar surface area (TPSA) is 23.5 Å². The van der Waals surface area contributed by atoms with Crippen molar-refractivity contribution in [3.05, 3.63) is 0 Å². The summed E-state index contributed by atoms with van der Waals surface area (Å²) in [6.45, 7) is 9.79. The van der Waals surface area contributed by atoms with Gasteiger partial charge in [0.1, 0.15) is 0 Å². The second-order valence-corrected chi connectivity index (χ2v) is 4.55. The van der Waals surface area contributed by atoms with Crippen molar-refractivity contribution < 1.29 is 5.11 Å². The molecule has 78 valence electrons. The molecule has 1 saturated heterocycles. The zero-order valence-electron chi connectivity index (χ0n) is 9.21. The van der Waals surface area contributed by atoms with Crippen LogP contribution >= 0.6 is 0 Å². The zero-order chi connectivity index (χ0) is 9.90. The highest BCUT2D eigenvalue weighted by Gasteiger charge is 2.32. The average Bonchev–Trinajstić information content (AvgIpc) is 2.28. The Morgan fingerprint density at radius 1 is 1.31 bits per heavy atom. The van der Waals surface area contributed by atoms with Gasteiger partial charge >= 0.3 is 0 Å². The fourth-order valence-electron chi connectivity index (χ4n) is 2.09. The summed E-state index contributed by atoms with van der Waals surface area (Å²) in [6.07, 6.45) is 3.06. The van der Waals surface area contributed by atoms with Gasteiger partial charge in [0.25, 0.3) is 0 Å². The summed E-state index contributed by atoms with van der Waals surface area (Å²) in [5, 5.41) is 10.3. The number of aliphatic hydroxyl groups is 1. The van der Waals surface area contributed by atoms with E-state index < -0.39 is 5.60 Å². The second kappa shape index (κ2) is 4.43. The lowest BCUT2D eigenvalue weighted by Crippen LogP contribution is -2.36. The van der Waals surface area contributed by atoms with Crippen LogP contribution in [-0.4, -0.2) is 35.2 Å². The fourth-order valence-corrected chi connectivity index (χ4v) is 2.09. The van der Waals surface area contributed by atoms with Gasteiger partial charge < -0.3 is 10.0 Å². The summed E-state index contributed by atoms with van der Waals surface area (Å²) in [7, 11) is 0. The predicted molar refractivity (Wildman–Crippen MR) is 55.8 cm³/mol. The van der Waals surface area contributed by atoms with Gasteiger partial charge in [0.2, 0.25) is 0 Å². The van der Waals surface area contributed by atoms with Crippen LogP contribution in [0, 0.1) is 5.92 Å². The number of hydrogen-bond donors (Lipinski definition) is 1. The third-order valence-electron chi connectivity index (χ3n) is 3.47. The molecule has 1 aliphatic heterocycles. The predicted octanol–water partition coefficient (Wildman–Crippen LogP) is 1.88. The van der Waals surface area contributed by atoms with E-state index in [-0.39, 0.29) is 0 Å². The third kappa shape index (κ3) is 2.68. The van der Waals surface area contributed by atoms with Gasteiger partial charge in [-0.25, -0.2) is 0 Å². The molecule has 0 aliphatic carbocycles. The maximum absolute atomic E-state index is 10.3. The molecule has 1 rings (SSSR count). The molecule has 0 amide bonds. The Balaban J connectivity index is 2.52. The molecule has 0 aromatic rings. The van der Waals surface area contributed by atoms with E-state index in [4.69, 9.17) is 0 Å². The van der Waals surface area contributed by atoms with Crippen molar-refractivity contribution in [1.29, 1.82) is 0 Å². The van der Waals surface area contributed by atoms with E-state index in [0.717, 1.165) is 38.9 Å². The minimum atomic E-state index is -0.399. The molecule has 1 aliphatic rings. The maximum atomic E-state index is 10.3. The van der Waals surface area contributed by atoms with Crippen LogP contribution in [-0.2, 0) is 0 Å². The van der Waals surface area contributed by atoms with Gasteiger partial charge in [0.15, 0.2) is 0 Å². The monoisotopic (exact) mass is 185 g/mol. The van der Waals surface area contributed by atoms with Crippen LogP contribution in [0.2, 0.25) is 0 Å². The van der Waals surface area contributed by atoms with Crippen molar-refractivity contribution in [3.63, 3.8) is 0 Å². The smallest absolute Gasteiger partial charge is 0.0683 e. The van der Waals surface area contributed by atoms with E-state index in [1.807, 2.05) is 0 Å². The van der Waals surface area contributed by atoms with Crippen LogP contribution in [0.5, 0.6) is 0 Å². The molecular weight excluding hydrogens is 162 g/mol. The van der Waals surface area contributed by atoms with Gasteiger partial charge in [-0.3, -0.25) is 0 Å². The molecule has 2 heteroatoms. The Labute approximate surface area is 81.9 Å². The standard InChI is InChI=1S/C11H23NO/c1-4-12-8-5-6-11(13,7-9-12)10(2)3/h10,13H,4-9H2,1-3H3. The Bertz CT molecular complexity index is 158. The molecule has 13 heavy (non-hydrogen) atoms. The van der Waals surface area contributed by atoms with Crippen molar-refractivity contribution in [2.45, 2.75) is 45.6 Å². The van der Waals surface area contributed by atoms with Crippen LogP contribution < -0.4 is 0 Å². The van der Waals surface area contributed by atoms with E-state index in [1.54, 1.807) is 0 Å². The van der Waals surface area contributed by atoms with Gasteiger partial charge in [0.05, 0.1) is 5.60 Å². The van der Waals surface area contributed by atoms with E-state index in [0.29, 0.717) is 5.92 Å². The van der Waals surface area contributed by atoms with Crippen molar-refractivity contribution in [1.82, 2.24) is 4.90 Å². The molecule has 1 N–H and O–H groups in total. The number of hydrogen-bond acceptors (Lipinski definition) is 2. The molecule has 0 aromatic heterocycles. The average molecular weight is 185 g/mol. The van der Waals surface area contributed by atoms with Gasteiger partial charge in [-0.1, -0.05) is 20.8 Å². The number of nitrogens with zero attached hydrogens (tertiary/aromatic N) is 1. The molecule has 0 aromatic carbocycles. The van der Waals surface area contributed by atoms with E-state index in [2.05, 4.69) is 25.7 Å². The minimum absolute atomic E-state index is 0.393. The summed E-state index contributed by atoms with van der Waals surface area (Å²) < 4.78 is 0. The van der Waals surface area contributed by atoms with Crippen LogP contribution in [0.1, 0.15) is 40.0 Å². The lowest BCUT2D eigenvalue weighted by molar-refractivity contribution is -0.0179. The lowest BCUT2D eigenvalue weighted by Gasteiger charge is -2.31. The number of rotatable bonds is 2. The van der Waals surface area contributed by atoms with Crippen molar-refractivity contribution in [2.75, 3.05) is 19.6 Å². The molecule has 0 bridgehead atoms. The van der Waals surface area contributed by atoms with Gasteiger partial charge in [-0.05, 0) is 38.3 Å². The molecule has 2 nitrogen and oxygen atoms in total. The highest BCUT2D eigenvalue weighted by molar-refractivity contribution is 4.85. The van der Waals surface area contributed by atoms with E-state index in [1.165, 1.54) is 0 Å². The fraction of sp³-hybridized carbons (Fsp3) is 1.00. The summed E-state index contributed by atoms with van der Waals surface area (Å²) in [5.41, 5.74) is -0.399.